The molecule has 1 aromatic heterocycles. The Hall–Kier alpha value is -4.14. The van der Waals surface area contributed by atoms with Gasteiger partial charge in [-0.25, -0.2) is 9.59 Å². The number of carbonyl (C=O) groups is 3. The molecule has 0 bridgehead atoms. The average Bonchev–Trinajstić information content (AvgIpc) is 3.35. The topological polar surface area (TPSA) is 123 Å². The van der Waals surface area contributed by atoms with Crippen LogP contribution in [0.3, 0.4) is 0 Å². The summed E-state index contributed by atoms with van der Waals surface area (Å²) in [6, 6.07) is 16.3. The van der Waals surface area contributed by atoms with Crippen LogP contribution in [-0.4, -0.2) is 46.0 Å². The molecule has 3 N–H and O–H groups in total. The molecule has 2 amide bonds. The predicted molar refractivity (Wildman–Crippen MR) is 130 cm³/mol. The molecule has 35 heavy (non-hydrogen) atoms. The number of hydrogen-bond acceptors (Lipinski definition) is 5. The highest BCUT2D eigenvalue weighted by Crippen LogP contribution is 2.44. The molecule has 9 heteroatoms. The summed E-state index contributed by atoms with van der Waals surface area (Å²) < 4.78 is 6.86. The molecule has 9 nitrogen and oxygen atoms in total. The van der Waals surface area contributed by atoms with Crippen molar-refractivity contribution in [3.63, 3.8) is 0 Å². The molecule has 1 heterocycles. The fourth-order valence-corrected chi connectivity index (χ4v) is 4.43. The van der Waals surface area contributed by atoms with Crippen molar-refractivity contribution in [2.75, 3.05) is 18.5 Å². The van der Waals surface area contributed by atoms with Gasteiger partial charge in [0.05, 0.1) is 5.69 Å². The molecule has 4 rings (SSSR count). The molecule has 0 fully saturated rings. The number of carboxylic acid groups (broad SMARTS) is 1. The molecule has 1 unspecified atom stereocenters. The van der Waals surface area contributed by atoms with Crippen LogP contribution >= 0.6 is 0 Å². The van der Waals surface area contributed by atoms with E-state index in [0.717, 1.165) is 11.1 Å². The summed E-state index contributed by atoms with van der Waals surface area (Å²) in [7, 11) is 1.58. The van der Waals surface area contributed by atoms with Crippen LogP contribution in [0.2, 0.25) is 0 Å². The number of aryl methyl sites for hydroxylation is 1. The lowest BCUT2D eigenvalue weighted by Crippen LogP contribution is -2.28. The van der Waals surface area contributed by atoms with Crippen molar-refractivity contribution >= 4 is 23.7 Å². The normalized spacial score (nSPS) is 13.0. The largest absolute Gasteiger partial charge is 0.476 e. The number of nitrogens with one attached hydrogen (secondary N) is 2. The first kappa shape index (κ1) is 24.0. The van der Waals surface area contributed by atoms with Crippen LogP contribution in [0, 0.1) is 5.92 Å². The molecular weight excluding hydrogens is 448 g/mol. The fraction of sp³-hybridized carbons (Fsp3) is 0.308. The zero-order valence-corrected chi connectivity index (χ0v) is 19.7. The van der Waals surface area contributed by atoms with Crippen molar-refractivity contribution in [2.24, 2.45) is 13.0 Å². The van der Waals surface area contributed by atoms with Crippen molar-refractivity contribution < 1.29 is 24.2 Å². The number of benzene rings is 2. The zero-order valence-electron chi connectivity index (χ0n) is 19.7. The third-order valence-electron chi connectivity index (χ3n) is 6.09. The second kappa shape index (κ2) is 10.4. The molecule has 0 radical (unpaired) electrons. The van der Waals surface area contributed by atoms with E-state index in [0.29, 0.717) is 13.0 Å². The molecule has 182 valence electrons. The lowest BCUT2D eigenvalue weighted by molar-refractivity contribution is -0.117. The smallest absolute Gasteiger partial charge is 0.407 e. The van der Waals surface area contributed by atoms with Crippen molar-refractivity contribution in [1.29, 1.82) is 0 Å². The summed E-state index contributed by atoms with van der Waals surface area (Å²) in [6.45, 7) is 2.49. The van der Waals surface area contributed by atoms with Crippen LogP contribution in [0.4, 0.5) is 10.5 Å². The van der Waals surface area contributed by atoms with Crippen LogP contribution in [-0.2, 0) is 16.6 Å². The number of nitrogens with zero attached hydrogens (tertiary/aromatic N) is 2. The van der Waals surface area contributed by atoms with Gasteiger partial charge in [0.25, 0.3) is 0 Å². The molecule has 1 aliphatic rings. The highest BCUT2D eigenvalue weighted by Gasteiger charge is 2.29. The molecule has 0 saturated carbocycles. The van der Waals surface area contributed by atoms with E-state index in [9.17, 15) is 19.5 Å². The Morgan fingerprint density at radius 2 is 1.71 bits per heavy atom. The van der Waals surface area contributed by atoms with Crippen LogP contribution in [0.15, 0.2) is 54.7 Å². The van der Waals surface area contributed by atoms with Gasteiger partial charge in [-0.3, -0.25) is 9.48 Å². The molecule has 2 aromatic carbocycles. The van der Waals surface area contributed by atoms with E-state index in [1.54, 1.807) is 7.05 Å². The molecule has 3 aromatic rings. The fourth-order valence-electron chi connectivity index (χ4n) is 4.43. The van der Waals surface area contributed by atoms with E-state index >= 15 is 0 Å². The Labute approximate surface area is 203 Å². The number of carboxylic acids is 1. The van der Waals surface area contributed by atoms with Crippen LogP contribution in [0.1, 0.15) is 47.3 Å². The number of aromatic carboxylic acids is 1. The number of hydrogen-bond donors (Lipinski definition) is 3. The van der Waals surface area contributed by atoms with Gasteiger partial charge in [0.15, 0.2) is 5.69 Å². The van der Waals surface area contributed by atoms with Crippen LogP contribution in [0.25, 0.3) is 11.1 Å². The first-order valence-corrected chi connectivity index (χ1v) is 11.5. The van der Waals surface area contributed by atoms with Gasteiger partial charge in [0.1, 0.15) is 6.61 Å². The first-order valence-electron chi connectivity index (χ1n) is 11.5. The average molecular weight is 477 g/mol. The third kappa shape index (κ3) is 5.51. The Bertz CT molecular complexity index is 1210. The van der Waals surface area contributed by atoms with E-state index < -0.39 is 12.1 Å². The highest BCUT2D eigenvalue weighted by molar-refractivity contribution is 5.99. The second-order valence-electron chi connectivity index (χ2n) is 8.77. The maximum Gasteiger partial charge on any atom is 0.407 e. The summed E-state index contributed by atoms with van der Waals surface area (Å²) in [6.07, 6.45) is 1.70. The quantitative estimate of drug-likeness (QED) is 0.429. The minimum Gasteiger partial charge on any atom is -0.476 e. The number of anilines is 1. The van der Waals surface area contributed by atoms with Gasteiger partial charge in [-0.05, 0) is 34.6 Å². The number of rotatable bonds is 9. The minimum absolute atomic E-state index is 0.000982. The first-order chi connectivity index (χ1) is 16.8. The maximum atomic E-state index is 12.3. The van der Waals surface area contributed by atoms with E-state index in [1.165, 1.54) is 22.0 Å². The predicted octanol–water partition coefficient (Wildman–Crippen LogP) is 4.01. The number of ether oxygens (including phenoxy) is 1. The lowest BCUT2D eigenvalue weighted by atomic mass is 9.98. The van der Waals surface area contributed by atoms with E-state index in [4.69, 9.17) is 4.74 Å². The SMILES string of the molecule is CC(CCNC(=O)OCC1c2ccccc2-c2ccccc21)CC(=O)Nc1cn(C)nc1C(=O)O. The minimum atomic E-state index is -1.21. The summed E-state index contributed by atoms with van der Waals surface area (Å²) in [5.41, 5.74) is 4.61. The monoisotopic (exact) mass is 476 g/mol. The summed E-state index contributed by atoms with van der Waals surface area (Å²) in [5, 5.41) is 18.3. The Kier molecular flexibility index (Phi) is 7.14. The summed E-state index contributed by atoms with van der Waals surface area (Å²) >= 11 is 0. The molecule has 0 saturated heterocycles. The maximum absolute atomic E-state index is 12.3. The summed E-state index contributed by atoms with van der Waals surface area (Å²) in [4.78, 5) is 35.8. The number of amides is 2. The van der Waals surface area contributed by atoms with Gasteiger partial charge in [0, 0.05) is 32.1 Å². The van der Waals surface area contributed by atoms with Crippen molar-refractivity contribution in [1.82, 2.24) is 15.1 Å². The summed E-state index contributed by atoms with van der Waals surface area (Å²) in [5.74, 6) is -1.55. The van der Waals surface area contributed by atoms with Crippen molar-refractivity contribution in [3.8, 4) is 11.1 Å². The highest BCUT2D eigenvalue weighted by atomic mass is 16.5. The van der Waals surface area contributed by atoms with Crippen LogP contribution in [0.5, 0.6) is 0 Å². The van der Waals surface area contributed by atoms with E-state index in [-0.39, 0.29) is 42.2 Å². The van der Waals surface area contributed by atoms with Crippen LogP contribution < -0.4 is 10.6 Å². The molecule has 0 spiro atoms. The van der Waals surface area contributed by atoms with Gasteiger partial charge < -0.3 is 20.5 Å². The zero-order chi connectivity index (χ0) is 24.9. The van der Waals surface area contributed by atoms with Gasteiger partial charge in [-0.1, -0.05) is 55.5 Å². The number of carbonyl (C=O) groups excluding carboxylic acids is 2. The molecule has 0 aliphatic heterocycles. The number of aromatic nitrogens is 2. The van der Waals surface area contributed by atoms with Crippen molar-refractivity contribution in [2.45, 2.75) is 25.7 Å². The Balaban J connectivity index is 1.21. The van der Waals surface area contributed by atoms with E-state index in [2.05, 4.69) is 40.0 Å². The van der Waals surface area contributed by atoms with E-state index in [1.807, 2.05) is 31.2 Å². The van der Waals surface area contributed by atoms with Gasteiger partial charge in [-0.2, -0.15) is 5.10 Å². The standard InChI is InChI=1S/C26H28N4O5/c1-16(13-23(31)28-22-14-30(2)29-24(22)25(32)33)11-12-27-26(34)35-15-21-19-9-5-3-7-17(19)18-8-4-6-10-20(18)21/h3-10,14,16,21H,11-13,15H2,1-2H3,(H,27,34)(H,28,31)(H,32,33). The Morgan fingerprint density at radius 3 is 2.34 bits per heavy atom. The molecule has 1 aliphatic carbocycles. The van der Waals surface area contributed by atoms with Crippen molar-refractivity contribution in [3.05, 3.63) is 71.5 Å². The second-order valence-corrected chi connectivity index (χ2v) is 8.77. The molecular formula is C26H28N4O5. The van der Waals surface area contributed by atoms with Gasteiger partial charge >= 0.3 is 12.1 Å². The molecule has 1 atom stereocenters. The van der Waals surface area contributed by atoms with Gasteiger partial charge in [-0.15, -0.1) is 0 Å². The number of alkyl carbamates (subject to hydrolysis) is 1. The number of fused-ring (bicyclic) bond motifs is 3. The Morgan fingerprint density at radius 1 is 1.09 bits per heavy atom. The third-order valence-corrected chi connectivity index (χ3v) is 6.09. The lowest BCUT2D eigenvalue weighted by Gasteiger charge is -2.15. The van der Waals surface area contributed by atoms with Gasteiger partial charge in [0.2, 0.25) is 5.91 Å².